The van der Waals surface area contributed by atoms with E-state index < -0.39 is 0 Å². The Bertz CT molecular complexity index is 1310. The van der Waals surface area contributed by atoms with Crippen LogP contribution >= 0.6 is 0 Å². The monoisotopic (exact) mass is 598 g/mol. The van der Waals surface area contributed by atoms with Crippen LogP contribution in [0.1, 0.15) is 79.3 Å². The van der Waals surface area contributed by atoms with E-state index in [1.807, 2.05) is 24.3 Å². The van der Waals surface area contributed by atoms with Crippen LogP contribution in [0.25, 0.3) is 11.1 Å². The summed E-state index contributed by atoms with van der Waals surface area (Å²) in [5.74, 6) is 1.16. The number of allylic oxidation sites excluding steroid dienone is 4. The molecule has 0 unspecified atom stereocenters. The summed E-state index contributed by atoms with van der Waals surface area (Å²) in [6.45, 7) is 9.01. The van der Waals surface area contributed by atoms with E-state index in [0.29, 0.717) is 11.8 Å². The minimum atomic E-state index is 0. The van der Waals surface area contributed by atoms with Gasteiger partial charge in [0, 0.05) is 0 Å². The van der Waals surface area contributed by atoms with Crippen molar-refractivity contribution in [3.05, 3.63) is 155 Å². The first-order valence-corrected chi connectivity index (χ1v) is 14.3. The van der Waals surface area contributed by atoms with Gasteiger partial charge in [-0.25, -0.2) is 12.2 Å². The van der Waals surface area contributed by atoms with Crippen molar-refractivity contribution in [1.29, 1.82) is 0 Å². The molecule has 2 aliphatic rings. The summed E-state index contributed by atoms with van der Waals surface area (Å²) in [7, 11) is 0. The van der Waals surface area contributed by atoms with E-state index in [4.69, 9.17) is 0 Å². The molecule has 0 amide bonds. The van der Waals surface area contributed by atoms with E-state index in [1.54, 1.807) is 0 Å². The average molecular weight is 599 g/mol. The van der Waals surface area contributed by atoms with Gasteiger partial charge in [0.1, 0.15) is 0 Å². The normalized spacial score (nSPS) is 11.8. The van der Waals surface area contributed by atoms with Crippen molar-refractivity contribution < 1.29 is 44.8 Å². The topological polar surface area (TPSA) is 0 Å². The number of hydrogen-bond donors (Lipinski definition) is 0. The van der Waals surface area contributed by atoms with Crippen LogP contribution in [-0.4, -0.2) is 3.81 Å². The molecule has 0 fully saturated rings. The van der Waals surface area contributed by atoms with Crippen LogP contribution in [0.5, 0.6) is 0 Å². The molecule has 0 heterocycles. The first-order chi connectivity index (χ1) is 18.4. The second-order valence-corrected chi connectivity index (χ2v) is 11.1. The molecule has 0 N–H and O–H groups in total. The molecule has 0 atom stereocenters. The molecule has 0 radical (unpaired) electrons. The first-order valence-electron chi connectivity index (χ1n) is 13.5. The number of benzene rings is 4. The van der Waals surface area contributed by atoms with Crippen molar-refractivity contribution in [2.45, 2.75) is 52.4 Å². The van der Waals surface area contributed by atoms with Crippen LogP contribution in [-0.2, 0) is 26.4 Å². The zero-order valence-corrected chi connectivity index (χ0v) is 26.8. The third-order valence-electron chi connectivity index (χ3n) is 6.88. The van der Waals surface area contributed by atoms with Crippen molar-refractivity contribution in [3.63, 3.8) is 0 Å². The van der Waals surface area contributed by atoms with Crippen LogP contribution in [0.3, 0.4) is 0 Å². The van der Waals surface area contributed by atoms with Gasteiger partial charge in [0.05, 0.1) is 0 Å². The second-order valence-electron chi connectivity index (χ2n) is 10.3. The fraction of sp³-hybridized carbons (Fsp3) is 0.216. The van der Waals surface area contributed by atoms with Gasteiger partial charge in [0.25, 0.3) is 0 Å². The molecule has 0 saturated heterocycles. The van der Waals surface area contributed by atoms with Gasteiger partial charge in [0.2, 0.25) is 0 Å². The van der Waals surface area contributed by atoms with E-state index in [-0.39, 0.29) is 24.8 Å². The maximum atomic E-state index is 3.49. The van der Waals surface area contributed by atoms with Crippen LogP contribution < -0.4 is 24.8 Å². The van der Waals surface area contributed by atoms with E-state index in [2.05, 4.69) is 145 Å². The summed E-state index contributed by atoms with van der Waals surface area (Å²) in [5, 5.41) is 0. The minimum absolute atomic E-state index is 0. The van der Waals surface area contributed by atoms with Crippen LogP contribution in [0.4, 0.5) is 0 Å². The summed E-state index contributed by atoms with van der Waals surface area (Å²) in [5.41, 5.74) is 11.1. The molecule has 0 bridgehead atoms. The van der Waals surface area contributed by atoms with E-state index in [1.165, 1.54) is 48.3 Å². The molecule has 4 aromatic rings. The van der Waals surface area contributed by atoms with Gasteiger partial charge in [-0.2, -0.15) is 35.4 Å². The standard InChI is InChI=1S/C19H21.C13H10.C5H5.2ClH.Ti/c1-12(2)14-5-7-16-9-17-8-6-15(13(3)4)11-19(17)18(16)10-14;1-3-7-12(8-4-1)11-13-9-5-2-6-10-13;1-2-4-5-3-1;;;/h5-7,10-13H,9H2,1-4H3;1-10H;1-3H,4H2;2*1H;/q-1;;-1;;;+2/p-2. The third-order valence-corrected chi connectivity index (χ3v) is 7.79. The Labute approximate surface area is 265 Å². The molecule has 0 aliphatic heterocycles. The summed E-state index contributed by atoms with van der Waals surface area (Å²) >= 11 is 2.16. The van der Waals surface area contributed by atoms with Gasteiger partial charge in [-0.1, -0.05) is 62.9 Å². The number of hydrogen-bond acceptors (Lipinski definition) is 0. The van der Waals surface area contributed by atoms with E-state index in [0.717, 1.165) is 12.8 Å². The second kappa shape index (κ2) is 16.7. The van der Waals surface area contributed by atoms with Gasteiger partial charge in [-0.3, -0.25) is 6.08 Å². The van der Waals surface area contributed by atoms with Gasteiger partial charge in [0.15, 0.2) is 0 Å². The fourth-order valence-electron chi connectivity index (χ4n) is 4.53. The molecular formula is C37H36Cl2Ti-2. The molecule has 4 aromatic carbocycles. The number of fused-ring (bicyclic) bond motifs is 3. The Balaban J connectivity index is 0.000000235. The molecule has 0 spiro atoms. The SMILES string of the molecule is CC(C)c1c[c-]c2c(c1)-c1cc(C(C)C)ccc1C2.[C-]1=CC=CC1.[Cl-].[Cl-].[Ti+2]=[C](c1ccccc1)c1ccccc1. The molecule has 2 aliphatic carbocycles. The van der Waals surface area contributed by atoms with Crippen molar-refractivity contribution in [2.24, 2.45) is 0 Å². The van der Waals surface area contributed by atoms with E-state index in [9.17, 15) is 0 Å². The molecule has 0 nitrogen and oxygen atoms in total. The van der Waals surface area contributed by atoms with Gasteiger partial charge < -0.3 is 24.8 Å². The molecule has 6 rings (SSSR count). The maximum absolute atomic E-state index is 3.49. The van der Waals surface area contributed by atoms with Crippen molar-refractivity contribution in [3.8, 4) is 11.1 Å². The first kappa shape index (κ1) is 33.7. The van der Waals surface area contributed by atoms with Gasteiger partial charge >= 0.3 is 95.6 Å². The van der Waals surface area contributed by atoms with Crippen molar-refractivity contribution in [1.82, 2.24) is 0 Å². The Morgan fingerprint density at radius 2 is 1.30 bits per heavy atom. The zero-order valence-electron chi connectivity index (χ0n) is 23.7. The Hall–Kier alpha value is -2.48. The number of halogens is 2. The molecule has 40 heavy (non-hydrogen) atoms. The summed E-state index contributed by atoms with van der Waals surface area (Å²) in [6.07, 6.45) is 11.0. The Morgan fingerprint density at radius 1 is 0.725 bits per heavy atom. The van der Waals surface area contributed by atoms with Crippen LogP contribution in [0.15, 0.2) is 109 Å². The summed E-state index contributed by atoms with van der Waals surface area (Å²) < 4.78 is 1.33. The molecule has 3 heteroatoms. The fourth-order valence-corrected chi connectivity index (χ4v) is 5.05. The number of rotatable bonds is 4. The summed E-state index contributed by atoms with van der Waals surface area (Å²) in [4.78, 5) is 0. The van der Waals surface area contributed by atoms with Gasteiger partial charge in [-0.15, -0.1) is 12.0 Å². The van der Waals surface area contributed by atoms with E-state index >= 15 is 0 Å². The Morgan fingerprint density at radius 3 is 1.77 bits per heavy atom. The molecule has 0 saturated carbocycles. The molecular weight excluding hydrogens is 563 g/mol. The Kier molecular flexibility index (Phi) is 14.1. The zero-order chi connectivity index (χ0) is 26.9. The predicted molar refractivity (Wildman–Crippen MR) is 159 cm³/mol. The molecule has 204 valence electrons. The van der Waals surface area contributed by atoms with Crippen LogP contribution in [0.2, 0.25) is 0 Å². The van der Waals surface area contributed by atoms with Gasteiger partial charge in [-0.05, 0) is 17.9 Å². The molecule has 0 aromatic heterocycles. The van der Waals surface area contributed by atoms with Crippen molar-refractivity contribution >= 4 is 3.81 Å². The third kappa shape index (κ3) is 9.02. The summed E-state index contributed by atoms with van der Waals surface area (Å²) in [6, 6.07) is 35.9. The average Bonchev–Trinajstić information content (AvgIpc) is 3.65. The quantitative estimate of drug-likeness (QED) is 0.220. The van der Waals surface area contributed by atoms with Crippen molar-refractivity contribution in [2.75, 3.05) is 0 Å². The predicted octanol–water partition coefficient (Wildman–Crippen LogP) is 3.42. The van der Waals surface area contributed by atoms with Crippen LogP contribution in [0, 0.1) is 12.1 Å².